The number of methoxy groups -OCH3 is 5. The number of carbonyl (C=O) groups is 1. The molecular formula is C22H26ClNO6. The Morgan fingerprint density at radius 2 is 1.50 bits per heavy atom. The van der Waals surface area contributed by atoms with Gasteiger partial charge in [0.1, 0.15) is 5.92 Å². The lowest BCUT2D eigenvalue weighted by atomic mass is 9.86. The normalized spacial score (nSPS) is 14.6. The zero-order chi connectivity index (χ0) is 21.0. The lowest BCUT2D eigenvalue weighted by Gasteiger charge is -2.25. The van der Waals surface area contributed by atoms with Crippen LogP contribution < -0.4 is 18.9 Å². The molecule has 1 unspecified atom stereocenters. The average Bonchev–Trinajstić information content (AvgIpc) is 2.77. The Hall–Kier alpha value is -2.93. The van der Waals surface area contributed by atoms with E-state index in [0.717, 1.165) is 22.4 Å². The third-order valence-corrected chi connectivity index (χ3v) is 5.01. The highest BCUT2D eigenvalue weighted by molar-refractivity contribution is 6.06. The minimum absolute atomic E-state index is 0. The minimum atomic E-state index is -0.482. The topological polar surface area (TPSA) is 75.6 Å². The number of ether oxygens (including phenoxy) is 5. The van der Waals surface area contributed by atoms with Crippen molar-refractivity contribution in [1.29, 1.82) is 0 Å². The van der Waals surface area contributed by atoms with Gasteiger partial charge >= 0.3 is 5.97 Å². The lowest BCUT2D eigenvalue weighted by Crippen LogP contribution is -2.26. The molecule has 1 atom stereocenters. The molecule has 0 spiro atoms. The number of hydrogen-bond acceptors (Lipinski definition) is 7. The molecule has 1 aliphatic rings. The summed E-state index contributed by atoms with van der Waals surface area (Å²) >= 11 is 0. The van der Waals surface area contributed by atoms with Crippen LogP contribution >= 0.6 is 12.4 Å². The molecule has 0 radical (unpaired) electrons. The molecule has 0 saturated carbocycles. The van der Waals surface area contributed by atoms with Gasteiger partial charge in [0, 0.05) is 17.7 Å². The van der Waals surface area contributed by atoms with Gasteiger partial charge in [-0.25, -0.2) is 0 Å². The van der Waals surface area contributed by atoms with Gasteiger partial charge in [-0.15, -0.1) is 12.4 Å². The van der Waals surface area contributed by atoms with E-state index in [9.17, 15) is 4.79 Å². The highest BCUT2D eigenvalue weighted by Crippen LogP contribution is 2.38. The van der Waals surface area contributed by atoms with Crippen molar-refractivity contribution in [3.63, 3.8) is 0 Å². The van der Waals surface area contributed by atoms with Crippen molar-refractivity contribution in [3.05, 3.63) is 47.0 Å². The minimum Gasteiger partial charge on any atom is -0.493 e. The average molecular weight is 436 g/mol. The summed E-state index contributed by atoms with van der Waals surface area (Å²) < 4.78 is 26.6. The van der Waals surface area contributed by atoms with Gasteiger partial charge in [0.25, 0.3) is 0 Å². The molecular weight excluding hydrogens is 410 g/mol. The first kappa shape index (κ1) is 23.3. The fraction of sp³-hybridized carbons (Fsp3) is 0.364. The van der Waals surface area contributed by atoms with Crippen LogP contribution in [0.15, 0.2) is 35.3 Å². The molecule has 2 aromatic rings. The predicted octanol–water partition coefficient (Wildman–Crippen LogP) is 3.44. The molecule has 0 fully saturated rings. The number of aliphatic imine (C=N–C) groups is 1. The van der Waals surface area contributed by atoms with Gasteiger partial charge in [0.05, 0.1) is 42.1 Å². The third-order valence-electron chi connectivity index (χ3n) is 5.01. The van der Waals surface area contributed by atoms with Crippen LogP contribution in [0.2, 0.25) is 0 Å². The predicted molar refractivity (Wildman–Crippen MR) is 116 cm³/mol. The molecule has 2 aromatic carbocycles. The molecule has 30 heavy (non-hydrogen) atoms. The largest absolute Gasteiger partial charge is 0.493 e. The van der Waals surface area contributed by atoms with Crippen LogP contribution in [0.4, 0.5) is 0 Å². The van der Waals surface area contributed by atoms with Crippen LogP contribution in [0, 0.1) is 0 Å². The van der Waals surface area contributed by atoms with Crippen molar-refractivity contribution < 1.29 is 28.5 Å². The SMILES string of the molecule is COC(=O)C1CN=C(Cc2ccc(OC)c(OC)c2)c2cc(OC)c(OC)cc21.Cl. The molecule has 7 nitrogen and oxygen atoms in total. The smallest absolute Gasteiger partial charge is 0.315 e. The maximum Gasteiger partial charge on any atom is 0.315 e. The van der Waals surface area contributed by atoms with Crippen LogP contribution in [0.1, 0.15) is 22.6 Å². The van der Waals surface area contributed by atoms with E-state index < -0.39 is 5.92 Å². The highest BCUT2D eigenvalue weighted by atomic mass is 35.5. The Labute approximate surface area is 182 Å². The van der Waals surface area contributed by atoms with Crippen molar-refractivity contribution >= 4 is 24.1 Å². The Morgan fingerprint density at radius 1 is 0.900 bits per heavy atom. The summed E-state index contributed by atoms with van der Waals surface area (Å²) in [4.78, 5) is 17.0. The third kappa shape index (κ3) is 4.46. The second kappa shape index (κ2) is 10.2. The molecule has 1 heterocycles. The number of nitrogens with zero attached hydrogens (tertiary/aromatic N) is 1. The van der Waals surface area contributed by atoms with E-state index in [2.05, 4.69) is 0 Å². The van der Waals surface area contributed by atoms with Crippen molar-refractivity contribution in [2.75, 3.05) is 42.1 Å². The standard InChI is InChI=1S/C22H25NO6.ClH/c1-25-18-7-6-13(9-19(18)26-2)8-17-15-11-21(28-4)20(27-3)10-14(15)16(12-23-17)22(24)29-5;/h6-7,9-11,16H,8,12H2,1-5H3;1H. The number of fused-ring (bicyclic) bond motifs is 1. The Morgan fingerprint density at radius 3 is 2.10 bits per heavy atom. The summed E-state index contributed by atoms with van der Waals surface area (Å²) in [6.07, 6.45) is 0.566. The zero-order valence-electron chi connectivity index (χ0n) is 17.7. The number of benzene rings is 2. The second-order valence-electron chi connectivity index (χ2n) is 6.52. The van der Waals surface area contributed by atoms with Gasteiger partial charge in [-0.3, -0.25) is 9.79 Å². The van der Waals surface area contributed by atoms with Crippen LogP contribution in [0.5, 0.6) is 23.0 Å². The Bertz CT molecular complexity index is 943. The summed E-state index contributed by atoms with van der Waals surface area (Å²) in [6.45, 7) is 0.317. The van der Waals surface area contributed by atoms with Gasteiger partial charge in [0.15, 0.2) is 23.0 Å². The van der Waals surface area contributed by atoms with E-state index in [4.69, 9.17) is 28.7 Å². The van der Waals surface area contributed by atoms with Crippen molar-refractivity contribution in [1.82, 2.24) is 0 Å². The molecule has 1 aliphatic heterocycles. The van der Waals surface area contributed by atoms with Crippen LogP contribution in [-0.2, 0) is 16.0 Å². The molecule has 0 aliphatic carbocycles. The highest BCUT2D eigenvalue weighted by Gasteiger charge is 2.31. The second-order valence-corrected chi connectivity index (χ2v) is 6.52. The first-order valence-corrected chi connectivity index (χ1v) is 9.14. The first-order chi connectivity index (χ1) is 14.1. The molecule has 162 valence electrons. The fourth-order valence-electron chi connectivity index (χ4n) is 3.50. The van der Waals surface area contributed by atoms with E-state index in [1.807, 2.05) is 30.3 Å². The van der Waals surface area contributed by atoms with Crippen LogP contribution in [0.3, 0.4) is 0 Å². The summed E-state index contributed by atoms with van der Waals surface area (Å²) in [5.41, 5.74) is 3.53. The van der Waals surface area contributed by atoms with Gasteiger partial charge in [-0.1, -0.05) is 6.07 Å². The van der Waals surface area contributed by atoms with E-state index >= 15 is 0 Å². The molecule has 0 amide bonds. The van der Waals surface area contributed by atoms with Crippen LogP contribution in [-0.4, -0.2) is 53.8 Å². The number of esters is 1. The zero-order valence-corrected chi connectivity index (χ0v) is 18.5. The van der Waals surface area contributed by atoms with Gasteiger partial charge < -0.3 is 23.7 Å². The fourth-order valence-corrected chi connectivity index (χ4v) is 3.50. The van der Waals surface area contributed by atoms with E-state index in [1.165, 1.54) is 7.11 Å². The first-order valence-electron chi connectivity index (χ1n) is 9.14. The molecule has 0 saturated heterocycles. The Balaban J connectivity index is 0.00000320. The van der Waals surface area contributed by atoms with Gasteiger partial charge in [-0.05, 0) is 35.4 Å². The summed E-state index contributed by atoms with van der Waals surface area (Å²) in [5, 5.41) is 0. The van der Waals surface area contributed by atoms with Crippen molar-refractivity contribution in [2.45, 2.75) is 12.3 Å². The van der Waals surface area contributed by atoms with Crippen molar-refractivity contribution in [3.8, 4) is 23.0 Å². The summed E-state index contributed by atoms with van der Waals surface area (Å²) in [7, 11) is 7.74. The molecule has 0 aromatic heterocycles. The maximum absolute atomic E-state index is 12.3. The summed E-state index contributed by atoms with van der Waals surface area (Å²) in [5.74, 6) is 1.65. The lowest BCUT2D eigenvalue weighted by molar-refractivity contribution is -0.142. The van der Waals surface area contributed by atoms with E-state index in [0.29, 0.717) is 36.0 Å². The molecule has 3 rings (SSSR count). The van der Waals surface area contributed by atoms with Gasteiger partial charge in [-0.2, -0.15) is 0 Å². The van der Waals surface area contributed by atoms with E-state index in [-0.39, 0.29) is 18.4 Å². The number of carbonyl (C=O) groups excluding carboxylic acids is 1. The maximum atomic E-state index is 12.3. The quantitative estimate of drug-likeness (QED) is 0.620. The van der Waals surface area contributed by atoms with Gasteiger partial charge in [0.2, 0.25) is 0 Å². The molecule has 0 bridgehead atoms. The van der Waals surface area contributed by atoms with E-state index in [1.54, 1.807) is 28.4 Å². The number of hydrogen-bond donors (Lipinski definition) is 0. The van der Waals surface area contributed by atoms with Crippen molar-refractivity contribution in [2.24, 2.45) is 4.99 Å². The van der Waals surface area contributed by atoms with Crippen LogP contribution in [0.25, 0.3) is 0 Å². The molecule has 8 heteroatoms. The Kier molecular flexibility index (Phi) is 7.94. The number of halogens is 1. The summed E-state index contributed by atoms with van der Waals surface area (Å²) in [6, 6.07) is 9.46. The molecule has 0 N–H and O–H groups in total. The number of rotatable bonds is 7. The monoisotopic (exact) mass is 435 g/mol.